The average molecular weight is 447 g/mol. The lowest BCUT2D eigenvalue weighted by atomic mass is 10.0. The highest BCUT2D eigenvalue weighted by Gasteiger charge is 2.26. The van der Waals surface area contributed by atoms with Crippen molar-refractivity contribution in [3.63, 3.8) is 0 Å². The SMILES string of the molecule is CO[C@@H](C(=O)Nc1ccnn1C1CCN(Cc2cccc3nonc23)CC1)c1ccccc1. The van der Waals surface area contributed by atoms with Gasteiger partial charge in [0.2, 0.25) is 0 Å². The maximum absolute atomic E-state index is 12.9. The van der Waals surface area contributed by atoms with Gasteiger partial charge in [-0.15, -0.1) is 0 Å². The number of benzene rings is 2. The van der Waals surface area contributed by atoms with Crippen molar-refractivity contribution in [2.75, 3.05) is 25.5 Å². The molecule has 5 rings (SSSR count). The maximum atomic E-state index is 12.9. The second kappa shape index (κ2) is 9.51. The zero-order chi connectivity index (χ0) is 22.6. The second-order valence-corrected chi connectivity index (χ2v) is 8.23. The predicted octanol–water partition coefficient (Wildman–Crippen LogP) is 3.58. The van der Waals surface area contributed by atoms with Crippen molar-refractivity contribution in [2.24, 2.45) is 0 Å². The number of anilines is 1. The van der Waals surface area contributed by atoms with Gasteiger partial charge in [-0.3, -0.25) is 9.69 Å². The lowest BCUT2D eigenvalue weighted by Crippen LogP contribution is -2.35. The molecule has 1 N–H and O–H groups in total. The van der Waals surface area contributed by atoms with Crippen LogP contribution < -0.4 is 5.32 Å². The third-order valence-electron chi connectivity index (χ3n) is 6.16. The molecule has 0 saturated carbocycles. The number of carbonyl (C=O) groups is 1. The van der Waals surface area contributed by atoms with Crippen LogP contribution in [-0.4, -0.2) is 51.1 Å². The molecule has 1 aliphatic heterocycles. The van der Waals surface area contributed by atoms with Gasteiger partial charge in [0.25, 0.3) is 5.91 Å². The summed E-state index contributed by atoms with van der Waals surface area (Å²) in [4.78, 5) is 15.3. The summed E-state index contributed by atoms with van der Waals surface area (Å²) in [6.45, 7) is 2.64. The van der Waals surface area contributed by atoms with Gasteiger partial charge in [0.1, 0.15) is 16.9 Å². The maximum Gasteiger partial charge on any atom is 0.259 e. The quantitative estimate of drug-likeness (QED) is 0.463. The molecule has 1 fully saturated rings. The van der Waals surface area contributed by atoms with Gasteiger partial charge in [0, 0.05) is 32.8 Å². The van der Waals surface area contributed by atoms with E-state index in [4.69, 9.17) is 9.37 Å². The number of amides is 1. The van der Waals surface area contributed by atoms with E-state index in [1.54, 1.807) is 13.3 Å². The van der Waals surface area contributed by atoms with Crippen molar-refractivity contribution in [3.8, 4) is 0 Å². The topological polar surface area (TPSA) is 98.3 Å². The number of carbonyl (C=O) groups excluding carboxylic acids is 1. The van der Waals surface area contributed by atoms with E-state index in [0.29, 0.717) is 5.82 Å². The molecule has 4 aromatic rings. The van der Waals surface area contributed by atoms with Gasteiger partial charge < -0.3 is 10.1 Å². The van der Waals surface area contributed by atoms with E-state index in [1.165, 1.54) is 0 Å². The number of hydrogen-bond donors (Lipinski definition) is 1. The molecule has 9 heteroatoms. The van der Waals surface area contributed by atoms with Crippen LogP contribution in [0.1, 0.15) is 36.1 Å². The van der Waals surface area contributed by atoms with Gasteiger partial charge in [-0.1, -0.05) is 42.5 Å². The van der Waals surface area contributed by atoms with Crippen LogP contribution in [0.3, 0.4) is 0 Å². The van der Waals surface area contributed by atoms with Crippen LogP contribution in [0.15, 0.2) is 65.4 Å². The van der Waals surface area contributed by atoms with Crippen molar-refractivity contribution in [1.82, 2.24) is 25.0 Å². The molecule has 9 nitrogen and oxygen atoms in total. The Morgan fingerprint density at radius 1 is 1.12 bits per heavy atom. The van der Waals surface area contributed by atoms with Crippen LogP contribution >= 0.6 is 0 Å². The Balaban J connectivity index is 1.22. The lowest BCUT2D eigenvalue weighted by Gasteiger charge is -2.32. The molecule has 1 saturated heterocycles. The molecule has 0 radical (unpaired) electrons. The van der Waals surface area contributed by atoms with E-state index in [-0.39, 0.29) is 11.9 Å². The predicted molar refractivity (Wildman–Crippen MR) is 122 cm³/mol. The van der Waals surface area contributed by atoms with Gasteiger partial charge in [-0.05, 0) is 40.3 Å². The summed E-state index contributed by atoms with van der Waals surface area (Å²) < 4.78 is 12.3. The Morgan fingerprint density at radius 3 is 2.73 bits per heavy atom. The van der Waals surface area contributed by atoms with Crippen LogP contribution in [0.2, 0.25) is 0 Å². The van der Waals surface area contributed by atoms with E-state index in [0.717, 1.165) is 54.6 Å². The fourth-order valence-electron chi connectivity index (χ4n) is 4.47. The molecule has 1 aliphatic rings. The number of hydrogen-bond acceptors (Lipinski definition) is 7. The van der Waals surface area contributed by atoms with Crippen LogP contribution in [0.5, 0.6) is 0 Å². The summed E-state index contributed by atoms with van der Waals surface area (Å²) in [6.07, 6.45) is 2.92. The first kappa shape index (κ1) is 21.3. The van der Waals surface area contributed by atoms with E-state index in [1.807, 2.05) is 53.2 Å². The summed E-state index contributed by atoms with van der Waals surface area (Å²) >= 11 is 0. The van der Waals surface area contributed by atoms with Crippen LogP contribution in [0, 0.1) is 0 Å². The molecule has 0 unspecified atom stereocenters. The van der Waals surface area contributed by atoms with E-state index >= 15 is 0 Å². The first-order chi connectivity index (χ1) is 16.2. The minimum Gasteiger partial charge on any atom is -0.367 e. The largest absolute Gasteiger partial charge is 0.367 e. The molecular weight excluding hydrogens is 420 g/mol. The summed E-state index contributed by atoms with van der Waals surface area (Å²) in [6, 6.07) is 17.5. The van der Waals surface area contributed by atoms with Gasteiger partial charge in [0.15, 0.2) is 6.10 Å². The molecule has 1 atom stereocenters. The molecular formula is C24H26N6O3. The van der Waals surface area contributed by atoms with E-state index in [9.17, 15) is 4.79 Å². The number of fused-ring (bicyclic) bond motifs is 1. The molecule has 0 aliphatic carbocycles. The van der Waals surface area contributed by atoms with Crippen LogP contribution in [-0.2, 0) is 16.1 Å². The zero-order valence-corrected chi connectivity index (χ0v) is 18.4. The highest BCUT2D eigenvalue weighted by atomic mass is 16.6. The number of aromatic nitrogens is 4. The standard InChI is InChI=1S/C24H26N6O3/c1-32-23(17-6-3-2-4-7-17)24(31)26-21-10-13-25-30(21)19-11-14-29(15-12-19)16-18-8-5-9-20-22(18)28-33-27-20/h2-10,13,19,23H,11-12,14-16H2,1H3,(H,26,31)/t23-/m1/s1. The molecule has 2 aromatic heterocycles. The third-order valence-corrected chi connectivity index (χ3v) is 6.16. The highest BCUT2D eigenvalue weighted by Crippen LogP contribution is 2.28. The molecule has 2 aromatic carbocycles. The number of nitrogens with one attached hydrogen (secondary N) is 1. The fourth-order valence-corrected chi connectivity index (χ4v) is 4.47. The molecule has 3 heterocycles. The highest BCUT2D eigenvalue weighted by molar-refractivity contribution is 5.94. The normalized spacial score (nSPS) is 16.2. The van der Waals surface area contributed by atoms with Crippen LogP contribution in [0.25, 0.3) is 11.0 Å². The van der Waals surface area contributed by atoms with Crippen molar-refractivity contribution >= 4 is 22.8 Å². The number of methoxy groups -OCH3 is 1. The first-order valence-corrected chi connectivity index (χ1v) is 11.1. The van der Waals surface area contributed by atoms with Gasteiger partial charge >= 0.3 is 0 Å². The zero-order valence-electron chi connectivity index (χ0n) is 18.4. The lowest BCUT2D eigenvalue weighted by molar-refractivity contribution is -0.126. The number of likely N-dealkylation sites (tertiary alicyclic amines) is 1. The summed E-state index contributed by atoms with van der Waals surface area (Å²) in [5.41, 5.74) is 3.53. The Morgan fingerprint density at radius 2 is 1.94 bits per heavy atom. The molecule has 170 valence electrons. The smallest absolute Gasteiger partial charge is 0.259 e. The molecule has 33 heavy (non-hydrogen) atoms. The minimum absolute atomic E-state index is 0.211. The number of nitrogens with zero attached hydrogens (tertiary/aromatic N) is 5. The van der Waals surface area contributed by atoms with Gasteiger partial charge in [0.05, 0.1) is 12.2 Å². The van der Waals surface area contributed by atoms with Crippen molar-refractivity contribution in [3.05, 3.63) is 71.9 Å². The summed E-state index contributed by atoms with van der Waals surface area (Å²) in [7, 11) is 1.54. The number of piperidine rings is 1. The Kier molecular flexibility index (Phi) is 6.14. The van der Waals surface area contributed by atoms with E-state index < -0.39 is 6.10 Å². The van der Waals surface area contributed by atoms with Gasteiger partial charge in [-0.2, -0.15) is 5.10 Å². The number of ether oxygens (including phenoxy) is 1. The Labute approximate surface area is 191 Å². The Hall–Kier alpha value is -3.56. The first-order valence-electron chi connectivity index (χ1n) is 11.1. The summed E-state index contributed by atoms with van der Waals surface area (Å²) in [5.74, 6) is 0.479. The summed E-state index contributed by atoms with van der Waals surface area (Å²) in [5, 5.41) is 15.5. The average Bonchev–Trinajstić information content (AvgIpc) is 3.51. The number of rotatable bonds is 7. The third kappa shape index (κ3) is 4.50. The molecule has 0 bridgehead atoms. The van der Waals surface area contributed by atoms with Gasteiger partial charge in [-0.25, -0.2) is 9.31 Å². The van der Waals surface area contributed by atoms with Crippen molar-refractivity contribution in [2.45, 2.75) is 31.5 Å². The Bertz CT molecular complexity index is 1210. The fraction of sp³-hybridized carbons (Fsp3) is 0.333. The van der Waals surface area contributed by atoms with Crippen molar-refractivity contribution < 1.29 is 14.2 Å². The van der Waals surface area contributed by atoms with Crippen LogP contribution in [0.4, 0.5) is 5.82 Å². The minimum atomic E-state index is -0.676. The van der Waals surface area contributed by atoms with E-state index in [2.05, 4.69) is 31.7 Å². The monoisotopic (exact) mass is 446 g/mol. The second-order valence-electron chi connectivity index (χ2n) is 8.23. The molecule has 0 spiro atoms. The van der Waals surface area contributed by atoms with Crippen molar-refractivity contribution in [1.29, 1.82) is 0 Å². The molecule has 1 amide bonds.